The molecule has 0 aliphatic carbocycles. The third-order valence-electron chi connectivity index (χ3n) is 2.32. The molecule has 1 aromatic carbocycles. The van der Waals surface area contributed by atoms with E-state index < -0.39 is 0 Å². The van der Waals surface area contributed by atoms with E-state index in [0.717, 1.165) is 10.6 Å². The van der Waals surface area contributed by atoms with Crippen LogP contribution in [0.15, 0.2) is 24.3 Å². The minimum Gasteiger partial charge on any atom is -0.357 e. The SMILES string of the molecule is CC1(C)CO[C@@H](c2ccccc2Cl)N1. The van der Waals surface area contributed by atoms with E-state index in [4.69, 9.17) is 16.3 Å². The summed E-state index contributed by atoms with van der Waals surface area (Å²) in [5.74, 6) is 0. The van der Waals surface area contributed by atoms with Gasteiger partial charge in [0.15, 0.2) is 0 Å². The summed E-state index contributed by atoms with van der Waals surface area (Å²) in [4.78, 5) is 0. The lowest BCUT2D eigenvalue weighted by atomic mass is 10.1. The molecule has 14 heavy (non-hydrogen) atoms. The van der Waals surface area contributed by atoms with Gasteiger partial charge in [0.25, 0.3) is 0 Å². The molecular formula is C11H14ClNO. The van der Waals surface area contributed by atoms with Gasteiger partial charge in [0.05, 0.1) is 6.61 Å². The minimum absolute atomic E-state index is 0.0316. The second-order valence-electron chi connectivity index (χ2n) is 4.24. The third-order valence-corrected chi connectivity index (χ3v) is 2.66. The molecular weight excluding hydrogens is 198 g/mol. The fourth-order valence-corrected chi connectivity index (χ4v) is 1.82. The molecule has 1 N–H and O–H groups in total. The third kappa shape index (κ3) is 1.92. The zero-order chi connectivity index (χ0) is 10.2. The van der Waals surface area contributed by atoms with E-state index in [1.807, 2.05) is 24.3 Å². The van der Waals surface area contributed by atoms with Crippen LogP contribution in [-0.4, -0.2) is 12.1 Å². The van der Waals surface area contributed by atoms with E-state index in [2.05, 4.69) is 19.2 Å². The highest BCUT2D eigenvalue weighted by atomic mass is 35.5. The van der Waals surface area contributed by atoms with Gasteiger partial charge in [-0.3, -0.25) is 5.32 Å². The zero-order valence-corrected chi connectivity index (χ0v) is 9.14. The fourth-order valence-electron chi connectivity index (χ4n) is 1.59. The number of ether oxygens (including phenoxy) is 1. The number of benzene rings is 1. The molecule has 0 saturated carbocycles. The Balaban J connectivity index is 2.22. The van der Waals surface area contributed by atoms with Crippen LogP contribution in [0.1, 0.15) is 25.6 Å². The first-order chi connectivity index (χ1) is 6.58. The lowest BCUT2D eigenvalue weighted by Crippen LogP contribution is -2.35. The Morgan fingerprint density at radius 3 is 2.71 bits per heavy atom. The second-order valence-corrected chi connectivity index (χ2v) is 4.65. The molecule has 76 valence electrons. The van der Waals surface area contributed by atoms with Crippen LogP contribution in [0.2, 0.25) is 5.02 Å². The Kier molecular flexibility index (Phi) is 2.52. The van der Waals surface area contributed by atoms with E-state index in [1.165, 1.54) is 0 Å². The molecule has 1 aliphatic heterocycles. The van der Waals surface area contributed by atoms with Crippen molar-refractivity contribution in [2.75, 3.05) is 6.61 Å². The lowest BCUT2D eigenvalue weighted by Gasteiger charge is -2.17. The van der Waals surface area contributed by atoms with Gasteiger partial charge in [-0.15, -0.1) is 0 Å². The zero-order valence-electron chi connectivity index (χ0n) is 8.38. The summed E-state index contributed by atoms with van der Waals surface area (Å²) in [6.07, 6.45) is -0.0706. The number of rotatable bonds is 1. The molecule has 0 unspecified atom stereocenters. The maximum Gasteiger partial charge on any atom is 0.136 e. The van der Waals surface area contributed by atoms with Crippen LogP contribution in [0.3, 0.4) is 0 Å². The highest BCUT2D eigenvalue weighted by Gasteiger charge is 2.32. The van der Waals surface area contributed by atoms with E-state index in [-0.39, 0.29) is 11.8 Å². The molecule has 2 nitrogen and oxygen atoms in total. The van der Waals surface area contributed by atoms with Crippen molar-refractivity contribution in [2.45, 2.75) is 25.6 Å². The summed E-state index contributed by atoms with van der Waals surface area (Å²) in [7, 11) is 0. The van der Waals surface area contributed by atoms with E-state index in [1.54, 1.807) is 0 Å². The molecule has 1 saturated heterocycles. The Hall–Kier alpha value is -0.570. The highest BCUT2D eigenvalue weighted by Crippen LogP contribution is 2.30. The van der Waals surface area contributed by atoms with Gasteiger partial charge in [-0.2, -0.15) is 0 Å². The van der Waals surface area contributed by atoms with E-state index >= 15 is 0 Å². The summed E-state index contributed by atoms with van der Waals surface area (Å²) in [5, 5.41) is 4.13. The highest BCUT2D eigenvalue weighted by molar-refractivity contribution is 6.31. The van der Waals surface area contributed by atoms with Crippen molar-refractivity contribution >= 4 is 11.6 Å². The van der Waals surface area contributed by atoms with Crippen LogP contribution >= 0.6 is 11.6 Å². The van der Waals surface area contributed by atoms with Crippen molar-refractivity contribution in [1.29, 1.82) is 0 Å². The molecule has 1 aromatic rings. The standard InChI is InChI=1S/C11H14ClNO/c1-11(2)7-14-10(13-11)8-5-3-4-6-9(8)12/h3-6,10,13H,7H2,1-2H3/t10-/m0/s1. The van der Waals surface area contributed by atoms with Gasteiger partial charge < -0.3 is 4.74 Å². The Morgan fingerprint density at radius 2 is 2.14 bits per heavy atom. The van der Waals surface area contributed by atoms with Crippen LogP contribution in [0.4, 0.5) is 0 Å². The van der Waals surface area contributed by atoms with Crippen molar-refractivity contribution in [1.82, 2.24) is 5.32 Å². The summed E-state index contributed by atoms with van der Waals surface area (Å²) in [6.45, 7) is 4.94. The van der Waals surface area contributed by atoms with Crippen LogP contribution in [0.25, 0.3) is 0 Å². The van der Waals surface area contributed by atoms with Gasteiger partial charge in [-0.05, 0) is 19.9 Å². The minimum atomic E-state index is -0.0706. The number of halogens is 1. The summed E-state index contributed by atoms with van der Waals surface area (Å²) in [5.41, 5.74) is 1.05. The smallest absolute Gasteiger partial charge is 0.136 e. The van der Waals surface area contributed by atoms with Gasteiger partial charge in [-0.1, -0.05) is 29.8 Å². The predicted molar refractivity (Wildman–Crippen MR) is 57.4 cm³/mol. The first kappa shape index (κ1) is 9.97. The molecule has 0 radical (unpaired) electrons. The van der Waals surface area contributed by atoms with Crippen molar-refractivity contribution in [2.24, 2.45) is 0 Å². The molecule has 1 aliphatic rings. The first-order valence-corrected chi connectivity index (χ1v) is 5.10. The molecule has 2 rings (SSSR count). The summed E-state index contributed by atoms with van der Waals surface area (Å²) >= 11 is 6.08. The maximum absolute atomic E-state index is 6.08. The fraction of sp³-hybridized carbons (Fsp3) is 0.455. The van der Waals surface area contributed by atoms with Crippen LogP contribution < -0.4 is 5.32 Å². The van der Waals surface area contributed by atoms with Crippen molar-refractivity contribution in [3.63, 3.8) is 0 Å². The van der Waals surface area contributed by atoms with Gasteiger partial charge in [0.2, 0.25) is 0 Å². The summed E-state index contributed by atoms with van der Waals surface area (Å²) in [6, 6.07) is 7.76. The first-order valence-electron chi connectivity index (χ1n) is 4.72. The van der Waals surface area contributed by atoms with Crippen molar-refractivity contribution < 1.29 is 4.74 Å². The Morgan fingerprint density at radius 1 is 1.43 bits per heavy atom. The predicted octanol–water partition coefficient (Wildman–Crippen LogP) is 2.74. The van der Waals surface area contributed by atoms with Crippen LogP contribution in [0, 0.1) is 0 Å². The molecule has 0 amide bonds. The van der Waals surface area contributed by atoms with Gasteiger partial charge >= 0.3 is 0 Å². The monoisotopic (exact) mass is 211 g/mol. The van der Waals surface area contributed by atoms with E-state index in [9.17, 15) is 0 Å². The van der Waals surface area contributed by atoms with Crippen molar-refractivity contribution in [3.8, 4) is 0 Å². The van der Waals surface area contributed by atoms with Gasteiger partial charge in [0.1, 0.15) is 6.23 Å². The average molecular weight is 212 g/mol. The topological polar surface area (TPSA) is 21.3 Å². The molecule has 1 fully saturated rings. The maximum atomic E-state index is 6.08. The molecule has 0 spiro atoms. The molecule has 3 heteroatoms. The van der Waals surface area contributed by atoms with Crippen LogP contribution in [0.5, 0.6) is 0 Å². The van der Waals surface area contributed by atoms with Gasteiger partial charge in [0, 0.05) is 16.1 Å². The quantitative estimate of drug-likeness (QED) is 0.772. The largest absolute Gasteiger partial charge is 0.357 e. The normalized spacial score (nSPS) is 25.2. The molecule has 0 aromatic heterocycles. The molecule has 0 bridgehead atoms. The number of hydrogen-bond donors (Lipinski definition) is 1. The molecule has 1 heterocycles. The average Bonchev–Trinajstić information content (AvgIpc) is 2.47. The Bertz CT molecular complexity index is 338. The van der Waals surface area contributed by atoms with Crippen molar-refractivity contribution in [3.05, 3.63) is 34.9 Å². The second kappa shape index (κ2) is 3.54. The summed E-state index contributed by atoms with van der Waals surface area (Å²) < 4.78 is 5.64. The van der Waals surface area contributed by atoms with E-state index in [0.29, 0.717) is 6.61 Å². The molecule has 1 atom stereocenters. The van der Waals surface area contributed by atoms with Crippen LogP contribution in [-0.2, 0) is 4.74 Å². The Labute approximate surface area is 89.2 Å². The lowest BCUT2D eigenvalue weighted by molar-refractivity contribution is 0.0990. The van der Waals surface area contributed by atoms with Gasteiger partial charge in [-0.25, -0.2) is 0 Å². The number of nitrogens with one attached hydrogen (secondary N) is 1. The number of hydrogen-bond acceptors (Lipinski definition) is 2.